The van der Waals surface area contributed by atoms with Crippen LogP contribution in [0.15, 0.2) is 35.4 Å². The average Bonchev–Trinajstić information content (AvgIpc) is 1.83. The number of Topliss-reactive ketones (excluding diaryl/α,β-unsaturated/α-hetero) is 1. The van der Waals surface area contributed by atoms with Gasteiger partial charge >= 0.3 is 0 Å². The van der Waals surface area contributed by atoms with Gasteiger partial charge in [0.1, 0.15) is 0 Å². The van der Waals surface area contributed by atoms with Crippen LogP contribution in [0.5, 0.6) is 0 Å². The van der Waals surface area contributed by atoms with E-state index in [4.69, 9.17) is 11.6 Å². The molecular weight excluding hydrogens is 136 g/mol. The summed E-state index contributed by atoms with van der Waals surface area (Å²) < 4.78 is 0. The molecule has 1 aliphatic rings. The number of hydrogen-bond donors (Lipinski definition) is 0. The van der Waals surface area contributed by atoms with Crippen molar-refractivity contribution in [2.24, 2.45) is 0 Å². The molecule has 1 rings (SSSR count). The van der Waals surface area contributed by atoms with Crippen LogP contribution in [-0.2, 0) is 4.79 Å². The molecule has 0 aromatic carbocycles. The van der Waals surface area contributed by atoms with Crippen molar-refractivity contribution in [3.8, 4) is 0 Å². The van der Waals surface area contributed by atoms with E-state index in [2.05, 4.69) is 6.58 Å². The molecule has 0 N–H and O–H groups in total. The number of carbonyl (C=O) groups is 1. The SMILES string of the molecule is C=C1C=CC=C(Cl)C1=O. The van der Waals surface area contributed by atoms with E-state index >= 15 is 0 Å². The molecule has 1 nitrogen and oxygen atoms in total. The molecule has 1 aliphatic carbocycles. The van der Waals surface area contributed by atoms with Crippen LogP contribution in [-0.4, -0.2) is 5.78 Å². The second-order valence-electron chi connectivity index (χ2n) is 1.73. The number of ketones is 1. The molecule has 0 heterocycles. The highest BCUT2D eigenvalue weighted by Gasteiger charge is 2.10. The van der Waals surface area contributed by atoms with Crippen LogP contribution in [0.4, 0.5) is 0 Å². The largest absolute Gasteiger partial charge is 0.288 e. The van der Waals surface area contributed by atoms with Crippen LogP contribution < -0.4 is 0 Å². The van der Waals surface area contributed by atoms with Gasteiger partial charge in [0.15, 0.2) is 0 Å². The van der Waals surface area contributed by atoms with E-state index < -0.39 is 0 Å². The molecule has 2 heteroatoms. The molecule has 0 fully saturated rings. The molecule has 46 valence electrons. The number of halogens is 1. The second-order valence-corrected chi connectivity index (χ2v) is 2.14. The van der Waals surface area contributed by atoms with Gasteiger partial charge in [-0.25, -0.2) is 0 Å². The summed E-state index contributed by atoms with van der Waals surface area (Å²) in [6.45, 7) is 3.48. The maximum atomic E-state index is 10.8. The number of carbonyl (C=O) groups excluding carboxylic acids is 1. The fourth-order valence-electron chi connectivity index (χ4n) is 0.554. The maximum Gasteiger partial charge on any atom is 0.203 e. The summed E-state index contributed by atoms with van der Waals surface area (Å²) in [6.07, 6.45) is 4.89. The molecule has 0 spiro atoms. The van der Waals surface area contributed by atoms with Gasteiger partial charge in [0.05, 0.1) is 5.03 Å². The Bertz CT molecular complexity index is 223. The first-order valence-electron chi connectivity index (χ1n) is 2.49. The Balaban J connectivity index is 3.00. The number of rotatable bonds is 0. The minimum Gasteiger partial charge on any atom is -0.288 e. The van der Waals surface area contributed by atoms with Crippen molar-refractivity contribution in [3.05, 3.63) is 35.4 Å². The van der Waals surface area contributed by atoms with Crippen LogP contribution in [0.2, 0.25) is 0 Å². The minimum absolute atomic E-state index is 0.181. The van der Waals surface area contributed by atoms with Crippen LogP contribution in [0.3, 0.4) is 0 Å². The molecule has 0 saturated heterocycles. The monoisotopic (exact) mass is 140 g/mol. The van der Waals surface area contributed by atoms with Gasteiger partial charge in [0, 0.05) is 5.57 Å². The van der Waals surface area contributed by atoms with E-state index in [1.165, 1.54) is 0 Å². The lowest BCUT2D eigenvalue weighted by molar-refractivity contribution is -0.111. The lowest BCUT2D eigenvalue weighted by Crippen LogP contribution is -2.01. The first-order valence-corrected chi connectivity index (χ1v) is 2.87. The summed E-state index contributed by atoms with van der Waals surface area (Å²) in [6, 6.07) is 0. The van der Waals surface area contributed by atoms with Gasteiger partial charge in [-0.1, -0.05) is 30.3 Å². The quantitative estimate of drug-likeness (QED) is 0.469. The molecule has 0 unspecified atom stereocenters. The summed E-state index contributed by atoms with van der Waals surface area (Å²) in [5, 5.41) is 0.238. The third kappa shape index (κ3) is 1.11. The average molecular weight is 141 g/mol. The minimum atomic E-state index is -0.181. The van der Waals surface area contributed by atoms with Crippen LogP contribution in [0.25, 0.3) is 0 Å². The van der Waals surface area contributed by atoms with E-state index in [1.807, 2.05) is 0 Å². The zero-order valence-corrected chi connectivity index (χ0v) is 5.48. The predicted molar refractivity (Wildman–Crippen MR) is 37.2 cm³/mol. The molecule has 0 radical (unpaired) electrons. The Hall–Kier alpha value is -0.820. The van der Waals surface area contributed by atoms with Gasteiger partial charge in [-0.3, -0.25) is 4.79 Å². The Morgan fingerprint density at radius 1 is 1.56 bits per heavy atom. The molecule has 0 aromatic heterocycles. The van der Waals surface area contributed by atoms with Gasteiger partial charge in [-0.05, 0) is 6.08 Å². The van der Waals surface area contributed by atoms with Gasteiger partial charge in [0.2, 0.25) is 5.78 Å². The third-order valence-electron chi connectivity index (χ3n) is 1.05. The Kier molecular flexibility index (Phi) is 1.54. The van der Waals surface area contributed by atoms with E-state index in [9.17, 15) is 4.79 Å². The third-order valence-corrected chi connectivity index (χ3v) is 1.35. The Morgan fingerprint density at radius 2 is 2.22 bits per heavy atom. The van der Waals surface area contributed by atoms with Crippen molar-refractivity contribution in [1.82, 2.24) is 0 Å². The highest BCUT2D eigenvalue weighted by atomic mass is 35.5. The van der Waals surface area contributed by atoms with Gasteiger partial charge in [-0.15, -0.1) is 0 Å². The summed E-state index contributed by atoms with van der Waals surface area (Å²) in [7, 11) is 0. The highest BCUT2D eigenvalue weighted by Crippen LogP contribution is 2.14. The normalized spacial score (nSPS) is 18.1. The lowest BCUT2D eigenvalue weighted by Gasteiger charge is -2.00. The molecule has 0 aliphatic heterocycles. The van der Waals surface area contributed by atoms with Crippen molar-refractivity contribution in [3.63, 3.8) is 0 Å². The smallest absolute Gasteiger partial charge is 0.203 e. The van der Waals surface area contributed by atoms with Crippen LogP contribution in [0.1, 0.15) is 0 Å². The predicted octanol–water partition coefficient (Wildman–Crippen LogP) is 1.80. The fraction of sp³-hybridized carbons (Fsp3) is 0. The number of allylic oxidation sites excluding steroid dienone is 5. The van der Waals surface area contributed by atoms with E-state index in [-0.39, 0.29) is 10.8 Å². The Morgan fingerprint density at radius 3 is 2.67 bits per heavy atom. The standard InChI is InChI=1S/C7H5ClO/c1-5-3-2-4-6(8)7(5)9/h2-4H,1H2. The van der Waals surface area contributed by atoms with Crippen LogP contribution >= 0.6 is 11.6 Å². The summed E-state index contributed by atoms with van der Waals surface area (Å²) in [4.78, 5) is 10.8. The van der Waals surface area contributed by atoms with Crippen molar-refractivity contribution >= 4 is 17.4 Å². The molecule has 0 bridgehead atoms. The van der Waals surface area contributed by atoms with Gasteiger partial charge in [0.25, 0.3) is 0 Å². The van der Waals surface area contributed by atoms with Gasteiger partial charge < -0.3 is 0 Å². The molecule has 9 heavy (non-hydrogen) atoms. The van der Waals surface area contributed by atoms with Crippen molar-refractivity contribution in [2.45, 2.75) is 0 Å². The first kappa shape index (κ1) is 6.30. The topological polar surface area (TPSA) is 17.1 Å². The highest BCUT2D eigenvalue weighted by molar-refractivity contribution is 6.45. The fourth-order valence-corrected chi connectivity index (χ4v) is 0.748. The molecule has 0 aromatic rings. The maximum absolute atomic E-state index is 10.8. The molecule has 0 amide bonds. The zero-order valence-electron chi connectivity index (χ0n) is 4.73. The summed E-state index contributed by atoms with van der Waals surface area (Å²) >= 11 is 5.46. The first-order chi connectivity index (χ1) is 4.22. The van der Waals surface area contributed by atoms with E-state index in [0.717, 1.165) is 0 Å². The molecule has 0 atom stereocenters. The van der Waals surface area contributed by atoms with Crippen molar-refractivity contribution < 1.29 is 4.79 Å². The lowest BCUT2D eigenvalue weighted by atomic mass is 10.1. The second kappa shape index (κ2) is 2.19. The Labute approximate surface area is 58.3 Å². The van der Waals surface area contributed by atoms with E-state index in [1.54, 1.807) is 18.2 Å². The van der Waals surface area contributed by atoms with Crippen molar-refractivity contribution in [2.75, 3.05) is 0 Å². The number of hydrogen-bond acceptors (Lipinski definition) is 1. The van der Waals surface area contributed by atoms with Gasteiger partial charge in [-0.2, -0.15) is 0 Å². The van der Waals surface area contributed by atoms with Crippen LogP contribution in [0, 0.1) is 0 Å². The van der Waals surface area contributed by atoms with Crippen molar-refractivity contribution in [1.29, 1.82) is 0 Å². The summed E-state index contributed by atoms with van der Waals surface area (Å²) in [5.41, 5.74) is 0.447. The molecular formula is C7H5ClO. The summed E-state index contributed by atoms with van der Waals surface area (Å²) in [5.74, 6) is -0.181. The molecule has 0 saturated carbocycles. The zero-order chi connectivity index (χ0) is 6.85. The van der Waals surface area contributed by atoms with E-state index in [0.29, 0.717) is 5.57 Å².